The fourth-order valence-corrected chi connectivity index (χ4v) is 9.27. The van der Waals surface area contributed by atoms with Gasteiger partial charge in [-0.3, -0.25) is 9.59 Å². The minimum Gasteiger partial charge on any atom is -0.468 e. The minimum absolute atomic E-state index is 0.100. The molecule has 384 valence electrons. The number of methoxy groups -OCH3 is 2. The van der Waals surface area contributed by atoms with Crippen LogP contribution in [-0.4, -0.2) is 202 Å². The Morgan fingerprint density at radius 2 is 1.12 bits per heavy atom. The van der Waals surface area contributed by atoms with E-state index >= 15 is 0 Å². The number of hydrogen-bond acceptors (Lipinski definition) is 24. The highest BCUT2D eigenvalue weighted by Gasteiger charge is 2.50. The molecule has 0 spiro atoms. The summed E-state index contributed by atoms with van der Waals surface area (Å²) in [7, 11) is 2.23. The zero-order valence-electron chi connectivity index (χ0n) is 38.1. The first-order valence-corrected chi connectivity index (χ1v) is 22.1. The van der Waals surface area contributed by atoms with Gasteiger partial charge >= 0.3 is 23.9 Å². The minimum atomic E-state index is -1.80. The number of aliphatic hydroxyl groups is 10. The van der Waals surface area contributed by atoms with Gasteiger partial charge in [-0.25, -0.2) is 9.59 Å². The van der Waals surface area contributed by atoms with Crippen molar-refractivity contribution in [3.8, 4) is 0 Å². The predicted octanol–water partition coefficient (Wildman–Crippen LogP) is -3.32. The molecule has 1 saturated carbocycles. The zero-order chi connectivity index (χ0) is 50.1. The topological polar surface area (TPSA) is 363 Å². The van der Waals surface area contributed by atoms with Gasteiger partial charge in [0.2, 0.25) is 12.6 Å². The van der Waals surface area contributed by atoms with Gasteiger partial charge in [0.1, 0.15) is 54.9 Å². The summed E-state index contributed by atoms with van der Waals surface area (Å²) in [4.78, 5) is 53.5. The molecule has 24 heteroatoms. The van der Waals surface area contributed by atoms with Crippen LogP contribution in [0.15, 0.2) is 47.0 Å². The second-order valence-corrected chi connectivity index (χ2v) is 17.1. The van der Waals surface area contributed by atoms with Gasteiger partial charge in [-0.2, -0.15) is 0 Å². The maximum absolute atomic E-state index is 13.9. The summed E-state index contributed by atoms with van der Waals surface area (Å²) < 4.78 is 55.5. The van der Waals surface area contributed by atoms with Gasteiger partial charge in [0.05, 0.1) is 70.6 Å². The molecule has 0 bridgehead atoms. The Labute approximate surface area is 390 Å². The van der Waals surface area contributed by atoms with Crippen LogP contribution in [0.5, 0.6) is 0 Å². The highest BCUT2D eigenvalue weighted by molar-refractivity contribution is 5.91. The molecule has 24 nitrogen and oxygen atoms in total. The molecule has 0 aromatic carbocycles. The van der Waals surface area contributed by atoms with Gasteiger partial charge in [0, 0.05) is 48.0 Å². The van der Waals surface area contributed by atoms with Crippen molar-refractivity contribution in [1.82, 2.24) is 0 Å². The SMILES string of the molecule is C/C=C1\[C@H](O[C@@H]2O[C@H](CO)[C@@H](O)[C@H](O)[C@H]2O)OC=C(C(=O)OC)[C@@H]1CC(=O)OC[C@@H]1[C@H](C)[C@@H](OC(=O)C[C@H]2C(C(=O)OC)=CO[C@@H](O[C@@H]3O[C@H](CO)[C@@H](O)[C@H](O)[C@H]3O)/C2=C\C)C[C@H]1C(CO)CO. The molecule has 4 heterocycles. The normalized spacial score (nSPS) is 38.5. The molecule has 4 aliphatic heterocycles. The predicted molar refractivity (Wildman–Crippen MR) is 223 cm³/mol. The standard InChI is InChI=1S/C44H64O24/c1-6-20-23(26(39(57)59-4)16-62-41(20)67-43-37(55)35(53)33(51)29(13-47)65-43)9-31(49)61-15-25-18(3)28(8-22(25)19(11-45)12-46)64-32(50)10-24-21(7-2)42(63-17-27(24)40(58)60-5)68-44-38(56)36(54)34(52)30(14-48)66-44/h6-7,16-19,22-25,28-30,33-38,41-48,51-56H,8-15H2,1-5H3/b20-6-,21-7-/t18-,22-,23+,24+,25+,28-,29+,30+,33+,34+,35-,36-,37+,38+,41-,42-,43-,44-/m0/s1. The molecule has 68 heavy (non-hydrogen) atoms. The molecule has 0 radical (unpaired) electrons. The molecule has 5 rings (SSSR count). The van der Waals surface area contributed by atoms with E-state index < -0.39 is 179 Å². The van der Waals surface area contributed by atoms with Gasteiger partial charge < -0.3 is 98.4 Å². The maximum Gasteiger partial charge on any atom is 0.337 e. The molecule has 10 N–H and O–H groups in total. The van der Waals surface area contributed by atoms with E-state index in [0.717, 1.165) is 26.7 Å². The lowest BCUT2D eigenvalue weighted by Crippen LogP contribution is -2.60. The molecular weight excluding hydrogens is 912 g/mol. The summed E-state index contributed by atoms with van der Waals surface area (Å²) in [5, 5.41) is 102. The van der Waals surface area contributed by atoms with Crippen LogP contribution in [0.3, 0.4) is 0 Å². The number of rotatable bonds is 18. The summed E-state index contributed by atoms with van der Waals surface area (Å²) in [6.45, 7) is 2.16. The molecule has 1 aliphatic carbocycles. The number of hydrogen-bond donors (Lipinski definition) is 10. The molecule has 2 saturated heterocycles. The summed E-state index contributed by atoms with van der Waals surface area (Å²) in [6, 6.07) is 0. The fraction of sp³-hybridized carbons (Fsp3) is 0.727. The molecule has 5 aliphatic rings. The Hall–Kier alpha value is -4.12. The molecule has 0 aromatic heterocycles. The van der Waals surface area contributed by atoms with Gasteiger partial charge in [-0.1, -0.05) is 19.1 Å². The van der Waals surface area contributed by atoms with E-state index in [0.29, 0.717) is 0 Å². The first kappa shape index (κ1) is 54.8. The summed E-state index contributed by atoms with van der Waals surface area (Å²) in [5.41, 5.74) is 0.168. The number of carbonyl (C=O) groups excluding carboxylic acids is 4. The van der Waals surface area contributed by atoms with Crippen LogP contribution >= 0.6 is 0 Å². The number of esters is 4. The third kappa shape index (κ3) is 11.9. The first-order chi connectivity index (χ1) is 32.4. The lowest BCUT2D eigenvalue weighted by atomic mass is 9.82. The Morgan fingerprint density at radius 1 is 0.676 bits per heavy atom. The lowest BCUT2D eigenvalue weighted by Gasteiger charge is -2.42. The van der Waals surface area contributed by atoms with Crippen molar-refractivity contribution in [3.05, 3.63) is 47.0 Å². The third-order valence-corrected chi connectivity index (χ3v) is 13.3. The Bertz CT molecular complexity index is 1860. The van der Waals surface area contributed by atoms with Crippen molar-refractivity contribution in [2.75, 3.05) is 47.3 Å². The van der Waals surface area contributed by atoms with Crippen molar-refractivity contribution in [3.63, 3.8) is 0 Å². The first-order valence-electron chi connectivity index (χ1n) is 22.1. The van der Waals surface area contributed by atoms with E-state index in [1.807, 2.05) is 0 Å². The number of aliphatic hydroxyl groups excluding tert-OH is 10. The Kier molecular flexibility index (Phi) is 19.9. The average Bonchev–Trinajstić information content (AvgIpc) is 3.63. The molecule has 0 unspecified atom stereocenters. The monoisotopic (exact) mass is 976 g/mol. The van der Waals surface area contributed by atoms with Crippen LogP contribution in [0, 0.1) is 35.5 Å². The van der Waals surface area contributed by atoms with Crippen LogP contribution < -0.4 is 0 Å². The zero-order valence-corrected chi connectivity index (χ0v) is 38.1. The highest BCUT2D eigenvalue weighted by atomic mass is 16.8. The van der Waals surface area contributed by atoms with Crippen LogP contribution in [-0.2, 0) is 66.5 Å². The second kappa shape index (κ2) is 24.6. The van der Waals surface area contributed by atoms with Crippen molar-refractivity contribution in [1.29, 1.82) is 0 Å². The molecule has 0 aromatic rings. The Balaban J connectivity index is 1.29. The smallest absolute Gasteiger partial charge is 0.337 e. The van der Waals surface area contributed by atoms with E-state index in [-0.39, 0.29) is 35.3 Å². The van der Waals surface area contributed by atoms with E-state index in [2.05, 4.69) is 0 Å². The summed E-state index contributed by atoms with van der Waals surface area (Å²) in [5.74, 6) is -7.97. The van der Waals surface area contributed by atoms with E-state index in [9.17, 15) is 70.2 Å². The van der Waals surface area contributed by atoms with Gasteiger partial charge in [-0.05, 0) is 32.1 Å². The molecule has 0 amide bonds. The quantitative estimate of drug-likeness (QED) is 0.0365. The van der Waals surface area contributed by atoms with E-state index in [1.54, 1.807) is 20.8 Å². The number of ether oxygens (including phenoxy) is 10. The van der Waals surface area contributed by atoms with Crippen molar-refractivity contribution in [2.45, 2.75) is 120 Å². The molecular formula is C44H64O24. The van der Waals surface area contributed by atoms with Crippen molar-refractivity contribution < 1.29 is 118 Å². The van der Waals surface area contributed by atoms with E-state index in [1.165, 1.54) is 12.2 Å². The van der Waals surface area contributed by atoms with E-state index in [4.69, 9.17) is 47.4 Å². The van der Waals surface area contributed by atoms with Crippen LogP contribution in [0.2, 0.25) is 0 Å². The Morgan fingerprint density at radius 3 is 1.51 bits per heavy atom. The second-order valence-electron chi connectivity index (χ2n) is 17.1. The van der Waals surface area contributed by atoms with Crippen LogP contribution in [0.4, 0.5) is 0 Å². The lowest BCUT2D eigenvalue weighted by molar-refractivity contribution is -0.327. The van der Waals surface area contributed by atoms with Gasteiger partial charge in [0.15, 0.2) is 12.6 Å². The van der Waals surface area contributed by atoms with Crippen molar-refractivity contribution >= 4 is 23.9 Å². The third-order valence-electron chi connectivity index (χ3n) is 13.3. The highest BCUT2D eigenvalue weighted by Crippen LogP contribution is 2.45. The molecule has 18 atom stereocenters. The summed E-state index contributed by atoms with van der Waals surface area (Å²) in [6.07, 6.45) is -15.9. The summed E-state index contributed by atoms with van der Waals surface area (Å²) >= 11 is 0. The van der Waals surface area contributed by atoms with Crippen LogP contribution in [0.1, 0.15) is 40.0 Å². The number of carbonyl (C=O) groups is 4. The maximum atomic E-state index is 13.9. The number of allylic oxidation sites excluding steroid dienone is 2. The van der Waals surface area contributed by atoms with Gasteiger partial charge in [0.25, 0.3) is 0 Å². The largest absolute Gasteiger partial charge is 0.468 e. The fourth-order valence-electron chi connectivity index (χ4n) is 9.27. The van der Waals surface area contributed by atoms with Gasteiger partial charge in [-0.15, -0.1) is 0 Å². The van der Waals surface area contributed by atoms with Crippen molar-refractivity contribution in [2.24, 2.45) is 35.5 Å². The van der Waals surface area contributed by atoms with Crippen LogP contribution in [0.25, 0.3) is 0 Å². The average molecular weight is 977 g/mol. The molecule has 3 fully saturated rings.